The standard InChI is InChI=1S/C41H41N7O5S/c1-27-7-8-29(20-42-27)38-43-21-31(54-38)22-45-15-11-32(34(23-45)28-5-3-2-4-6-28)39(49)46-17-13-41(51,14-18-46)24-47-25-44-37-33(40(47)50)12-16-48(37)30-9-10-35-36(19-30)53-26-52-35/h2-10,12,16,19-21,25,32,34,51H,11,13-15,17-18,22-24,26H2,1H3/t32-,34+/m1/s1. The Hall–Kier alpha value is -5.37. The van der Waals surface area contributed by atoms with Crippen LogP contribution in [0, 0.1) is 12.8 Å². The lowest BCUT2D eigenvalue weighted by atomic mass is 9.79. The molecule has 54 heavy (non-hydrogen) atoms. The molecule has 1 N–H and O–H groups in total. The van der Waals surface area contributed by atoms with E-state index in [-0.39, 0.29) is 36.6 Å². The van der Waals surface area contributed by atoms with Crippen LogP contribution in [0.2, 0.25) is 0 Å². The summed E-state index contributed by atoms with van der Waals surface area (Å²) in [5, 5.41) is 13.2. The van der Waals surface area contributed by atoms with Gasteiger partial charge in [-0.2, -0.15) is 0 Å². The number of ether oxygens (including phenoxy) is 2. The number of hydrogen-bond acceptors (Lipinski definition) is 10. The van der Waals surface area contributed by atoms with Crippen molar-refractivity contribution in [2.24, 2.45) is 5.92 Å². The van der Waals surface area contributed by atoms with E-state index in [1.807, 2.05) is 77.4 Å². The number of amides is 1. The lowest BCUT2D eigenvalue weighted by molar-refractivity contribution is -0.142. The number of rotatable bonds is 8. The van der Waals surface area contributed by atoms with Crippen molar-refractivity contribution in [1.29, 1.82) is 0 Å². The van der Waals surface area contributed by atoms with E-state index < -0.39 is 5.60 Å². The third-order valence-electron chi connectivity index (χ3n) is 11.1. The molecule has 2 aromatic carbocycles. The summed E-state index contributed by atoms with van der Waals surface area (Å²) in [4.78, 5) is 47.2. The fraction of sp³-hybridized carbons (Fsp3) is 0.341. The maximum atomic E-state index is 14.3. The summed E-state index contributed by atoms with van der Waals surface area (Å²) < 4.78 is 14.3. The minimum Gasteiger partial charge on any atom is -0.454 e. The molecule has 3 aliphatic heterocycles. The molecule has 3 aliphatic rings. The minimum absolute atomic E-state index is 0.0447. The van der Waals surface area contributed by atoms with Crippen LogP contribution in [0.4, 0.5) is 0 Å². The van der Waals surface area contributed by atoms with Gasteiger partial charge < -0.3 is 24.0 Å². The van der Waals surface area contributed by atoms with E-state index in [9.17, 15) is 14.7 Å². The molecule has 0 bridgehead atoms. The molecule has 0 saturated carbocycles. The quantitative estimate of drug-likeness (QED) is 0.218. The Morgan fingerprint density at radius 1 is 0.963 bits per heavy atom. The predicted molar refractivity (Wildman–Crippen MR) is 205 cm³/mol. The number of likely N-dealkylation sites (tertiary alicyclic amines) is 2. The Bertz CT molecular complexity index is 2370. The average Bonchev–Trinajstić information content (AvgIpc) is 3.97. The van der Waals surface area contributed by atoms with E-state index in [1.54, 1.807) is 17.4 Å². The number of hydrogen-bond donors (Lipinski definition) is 1. The van der Waals surface area contributed by atoms with Crippen LogP contribution in [0.3, 0.4) is 0 Å². The molecule has 0 radical (unpaired) electrons. The molecule has 0 aliphatic carbocycles. The normalized spacial score (nSPS) is 19.7. The van der Waals surface area contributed by atoms with Crippen LogP contribution >= 0.6 is 11.3 Å². The largest absolute Gasteiger partial charge is 0.454 e. The number of nitrogens with zero attached hydrogens (tertiary/aromatic N) is 7. The Balaban J connectivity index is 0.859. The van der Waals surface area contributed by atoms with Gasteiger partial charge in [-0.3, -0.25) is 24.0 Å². The Morgan fingerprint density at radius 2 is 1.80 bits per heavy atom. The first kappa shape index (κ1) is 34.4. The topological polar surface area (TPSA) is 128 Å². The fourth-order valence-corrected chi connectivity index (χ4v) is 9.03. The molecule has 6 aromatic rings. The summed E-state index contributed by atoms with van der Waals surface area (Å²) >= 11 is 1.69. The van der Waals surface area contributed by atoms with Gasteiger partial charge in [-0.05, 0) is 68.6 Å². The molecule has 13 heteroatoms. The van der Waals surface area contributed by atoms with Gasteiger partial charge in [-0.1, -0.05) is 30.3 Å². The van der Waals surface area contributed by atoms with Crippen LogP contribution in [-0.4, -0.2) is 83.5 Å². The smallest absolute Gasteiger partial charge is 0.262 e. The van der Waals surface area contributed by atoms with Gasteiger partial charge in [-0.15, -0.1) is 11.3 Å². The molecule has 2 atom stereocenters. The lowest BCUT2D eigenvalue weighted by Crippen LogP contribution is -2.53. The first-order chi connectivity index (χ1) is 26.3. The van der Waals surface area contributed by atoms with E-state index in [0.29, 0.717) is 48.5 Å². The molecule has 7 heterocycles. The molecule has 4 aromatic heterocycles. The first-order valence-electron chi connectivity index (χ1n) is 18.4. The molecule has 2 saturated heterocycles. The van der Waals surface area contributed by atoms with Gasteiger partial charge >= 0.3 is 0 Å². The number of fused-ring (bicyclic) bond motifs is 2. The maximum Gasteiger partial charge on any atom is 0.262 e. The summed E-state index contributed by atoms with van der Waals surface area (Å²) in [5.41, 5.74) is 3.15. The Labute approximate surface area is 316 Å². The predicted octanol–water partition coefficient (Wildman–Crippen LogP) is 5.40. The van der Waals surface area contributed by atoms with Crippen LogP contribution < -0.4 is 15.0 Å². The number of aromatic nitrogens is 5. The van der Waals surface area contributed by atoms with Crippen LogP contribution in [-0.2, 0) is 17.9 Å². The number of thiazole rings is 1. The SMILES string of the molecule is Cc1ccc(-c2ncc(CN3CC[C@@H](C(=O)N4CCC(O)(Cn5cnc6c(ccn6-c6ccc7c(c6)OCO7)c5=O)CC4)[C@H](c4ccccc4)C3)s2)cn1. The zero-order valence-electron chi connectivity index (χ0n) is 30.0. The van der Waals surface area contributed by atoms with Gasteiger partial charge in [0.05, 0.1) is 23.2 Å². The zero-order chi connectivity index (χ0) is 36.8. The van der Waals surface area contributed by atoms with Gasteiger partial charge in [0.15, 0.2) is 17.1 Å². The van der Waals surface area contributed by atoms with E-state index in [2.05, 4.69) is 38.1 Å². The summed E-state index contributed by atoms with van der Waals surface area (Å²) in [6, 6.07) is 21.8. The van der Waals surface area contributed by atoms with Crippen molar-refractivity contribution in [3.05, 3.63) is 118 Å². The van der Waals surface area contributed by atoms with Crippen molar-refractivity contribution in [3.8, 4) is 27.8 Å². The third-order valence-corrected chi connectivity index (χ3v) is 12.1. The highest BCUT2D eigenvalue weighted by Crippen LogP contribution is 2.37. The Kier molecular flexibility index (Phi) is 9.00. The number of benzene rings is 2. The van der Waals surface area contributed by atoms with Gasteiger partial charge in [-0.25, -0.2) is 9.97 Å². The van der Waals surface area contributed by atoms with Gasteiger partial charge in [0, 0.05) is 78.8 Å². The lowest BCUT2D eigenvalue weighted by Gasteiger charge is -2.43. The molecular weight excluding hydrogens is 703 g/mol. The monoisotopic (exact) mass is 743 g/mol. The van der Waals surface area contributed by atoms with Crippen molar-refractivity contribution in [3.63, 3.8) is 0 Å². The molecule has 9 rings (SSSR count). The van der Waals surface area contributed by atoms with Gasteiger partial charge in [0.2, 0.25) is 12.7 Å². The summed E-state index contributed by atoms with van der Waals surface area (Å²) in [5.74, 6) is 1.36. The summed E-state index contributed by atoms with van der Waals surface area (Å²) in [7, 11) is 0. The Morgan fingerprint density at radius 3 is 2.61 bits per heavy atom. The second-order valence-corrected chi connectivity index (χ2v) is 15.8. The summed E-state index contributed by atoms with van der Waals surface area (Å²) in [6.45, 7) is 5.49. The van der Waals surface area contributed by atoms with Gasteiger partial charge in [0.25, 0.3) is 5.56 Å². The van der Waals surface area contributed by atoms with Crippen molar-refractivity contribution >= 4 is 28.3 Å². The number of aryl methyl sites for hydroxylation is 1. The number of aliphatic hydroxyl groups is 1. The van der Waals surface area contributed by atoms with E-state index >= 15 is 0 Å². The highest BCUT2D eigenvalue weighted by Gasteiger charge is 2.41. The highest BCUT2D eigenvalue weighted by molar-refractivity contribution is 7.15. The van der Waals surface area contributed by atoms with Crippen LogP contribution in [0.15, 0.2) is 96.4 Å². The minimum atomic E-state index is -1.14. The molecule has 1 amide bonds. The van der Waals surface area contributed by atoms with Crippen molar-refractivity contribution in [1.82, 2.24) is 33.9 Å². The van der Waals surface area contributed by atoms with Crippen molar-refractivity contribution in [2.45, 2.75) is 50.8 Å². The number of pyridine rings is 1. The van der Waals surface area contributed by atoms with Crippen LogP contribution in [0.1, 0.15) is 41.3 Å². The number of carbonyl (C=O) groups excluding carboxylic acids is 1. The first-order valence-corrected chi connectivity index (χ1v) is 19.2. The molecular formula is C41H41N7O5S. The highest BCUT2D eigenvalue weighted by atomic mass is 32.1. The van der Waals surface area contributed by atoms with Crippen molar-refractivity contribution in [2.75, 3.05) is 33.0 Å². The third kappa shape index (κ3) is 6.67. The molecule has 0 spiro atoms. The van der Waals surface area contributed by atoms with E-state index in [0.717, 1.165) is 48.0 Å². The molecule has 0 unspecified atom stereocenters. The van der Waals surface area contributed by atoms with Gasteiger partial charge in [0.1, 0.15) is 11.3 Å². The fourth-order valence-electron chi connectivity index (χ4n) is 8.09. The van der Waals surface area contributed by atoms with Crippen LogP contribution in [0.5, 0.6) is 11.5 Å². The molecule has 276 valence electrons. The second kappa shape index (κ2) is 14.1. The van der Waals surface area contributed by atoms with E-state index in [1.165, 1.54) is 21.3 Å². The van der Waals surface area contributed by atoms with Crippen molar-refractivity contribution < 1.29 is 19.4 Å². The number of piperidine rings is 2. The second-order valence-electron chi connectivity index (χ2n) is 14.7. The summed E-state index contributed by atoms with van der Waals surface area (Å²) in [6.07, 6.45) is 8.66. The molecule has 2 fully saturated rings. The average molecular weight is 744 g/mol. The molecule has 12 nitrogen and oxygen atoms in total. The number of carbonyl (C=O) groups is 1. The van der Waals surface area contributed by atoms with Crippen LogP contribution in [0.25, 0.3) is 27.3 Å². The maximum absolute atomic E-state index is 14.3. The van der Waals surface area contributed by atoms with E-state index in [4.69, 9.17) is 9.47 Å². The zero-order valence-corrected chi connectivity index (χ0v) is 30.8.